The van der Waals surface area contributed by atoms with Gasteiger partial charge in [0.05, 0.1) is 11.2 Å². The number of carboxylic acids is 1. The van der Waals surface area contributed by atoms with Crippen molar-refractivity contribution in [3.63, 3.8) is 0 Å². The summed E-state index contributed by atoms with van der Waals surface area (Å²) in [6.45, 7) is 4.57. The summed E-state index contributed by atoms with van der Waals surface area (Å²) < 4.78 is 22.8. The average Bonchev–Trinajstić information content (AvgIpc) is 2.83. The SMILES string of the molecule is C[C@@H](NC(=O)CCN)C(=O)OC1CCN(c2c(F)cc3c(=O)c(C(=O)O)cn4c3c2CC[C@@H]4C)CC1.Cl. The highest BCUT2D eigenvalue weighted by molar-refractivity contribution is 5.95. The quantitative estimate of drug-likeness (QED) is 0.455. The second kappa shape index (κ2) is 11.5. The minimum atomic E-state index is -1.33. The van der Waals surface area contributed by atoms with E-state index in [1.807, 2.05) is 11.8 Å². The summed E-state index contributed by atoms with van der Waals surface area (Å²) in [5.74, 6) is -2.75. The molecular weight excluding hydrogens is 507 g/mol. The first-order valence-corrected chi connectivity index (χ1v) is 12.2. The number of aryl methyl sites for hydroxylation is 1. The van der Waals surface area contributed by atoms with E-state index in [0.29, 0.717) is 55.5 Å². The molecule has 2 aliphatic heterocycles. The van der Waals surface area contributed by atoms with E-state index in [9.17, 15) is 24.3 Å². The maximum atomic E-state index is 15.4. The van der Waals surface area contributed by atoms with Gasteiger partial charge in [0, 0.05) is 62.1 Å². The van der Waals surface area contributed by atoms with Crippen molar-refractivity contribution in [1.29, 1.82) is 0 Å². The summed E-state index contributed by atoms with van der Waals surface area (Å²) in [7, 11) is 0. The van der Waals surface area contributed by atoms with Crippen molar-refractivity contribution in [2.24, 2.45) is 5.73 Å². The Morgan fingerprint density at radius 3 is 2.57 bits per heavy atom. The second-order valence-electron chi connectivity index (χ2n) is 9.50. The molecule has 1 aromatic heterocycles. The number of esters is 1. The van der Waals surface area contributed by atoms with Gasteiger partial charge in [-0.25, -0.2) is 14.0 Å². The molecule has 4 N–H and O–H groups in total. The Morgan fingerprint density at radius 2 is 1.95 bits per heavy atom. The Kier molecular flexibility index (Phi) is 8.80. The molecule has 0 bridgehead atoms. The lowest BCUT2D eigenvalue weighted by molar-refractivity contribution is -0.153. The zero-order chi connectivity index (χ0) is 26.1. The lowest BCUT2D eigenvalue weighted by Gasteiger charge is -2.37. The number of halogens is 2. The number of nitrogens with zero attached hydrogens (tertiary/aromatic N) is 2. The molecule has 1 amide bonds. The van der Waals surface area contributed by atoms with Gasteiger partial charge in [-0.15, -0.1) is 12.4 Å². The number of carboxylic acid groups (broad SMARTS) is 1. The normalized spacial score (nSPS) is 18.2. The number of aromatic nitrogens is 1. The molecule has 1 saturated heterocycles. The van der Waals surface area contributed by atoms with Crippen molar-refractivity contribution in [3.05, 3.63) is 39.4 Å². The van der Waals surface area contributed by atoms with Gasteiger partial charge in [-0.3, -0.25) is 9.59 Å². The Balaban J connectivity index is 0.00000380. The van der Waals surface area contributed by atoms with Gasteiger partial charge in [-0.1, -0.05) is 0 Å². The Labute approximate surface area is 219 Å². The molecule has 10 nitrogen and oxygen atoms in total. The summed E-state index contributed by atoms with van der Waals surface area (Å²) >= 11 is 0. The third kappa shape index (κ3) is 5.57. The van der Waals surface area contributed by atoms with Crippen LogP contribution in [0, 0.1) is 5.82 Å². The molecular formula is C25H32ClFN4O6. The number of hydrogen-bond acceptors (Lipinski definition) is 7. The first kappa shape index (κ1) is 28.4. The fourth-order valence-electron chi connectivity index (χ4n) is 5.10. The Hall–Kier alpha value is -3.18. The number of ether oxygens (including phenoxy) is 1. The number of pyridine rings is 1. The zero-order valence-corrected chi connectivity index (χ0v) is 21.6. The number of benzene rings is 1. The van der Waals surface area contributed by atoms with Crippen LogP contribution in [0.4, 0.5) is 10.1 Å². The molecule has 1 aromatic carbocycles. The summed E-state index contributed by atoms with van der Waals surface area (Å²) in [6, 6.07) is 0.323. The number of aromatic carboxylic acids is 1. The van der Waals surface area contributed by atoms with Gasteiger partial charge >= 0.3 is 11.9 Å². The summed E-state index contributed by atoms with van der Waals surface area (Å²) in [5, 5.41) is 12.1. The van der Waals surface area contributed by atoms with E-state index in [2.05, 4.69) is 5.32 Å². The largest absolute Gasteiger partial charge is 0.477 e. The number of nitrogens with one attached hydrogen (secondary N) is 1. The van der Waals surface area contributed by atoms with Crippen molar-refractivity contribution < 1.29 is 28.6 Å². The number of carbonyl (C=O) groups excluding carboxylic acids is 2. The molecule has 3 heterocycles. The van der Waals surface area contributed by atoms with Crippen LogP contribution in [0.2, 0.25) is 0 Å². The highest BCUT2D eigenvalue weighted by Crippen LogP contribution is 2.39. The lowest BCUT2D eigenvalue weighted by atomic mass is 9.93. The number of amides is 1. The third-order valence-corrected chi connectivity index (χ3v) is 7.00. The maximum Gasteiger partial charge on any atom is 0.341 e. The average molecular weight is 539 g/mol. The topological polar surface area (TPSA) is 144 Å². The van der Waals surface area contributed by atoms with E-state index in [-0.39, 0.29) is 54.4 Å². The van der Waals surface area contributed by atoms with Crippen LogP contribution < -0.4 is 21.4 Å². The van der Waals surface area contributed by atoms with Gasteiger partial charge in [0.25, 0.3) is 0 Å². The smallest absolute Gasteiger partial charge is 0.341 e. The fourth-order valence-corrected chi connectivity index (χ4v) is 5.10. The monoisotopic (exact) mass is 538 g/mol. The highest BCUT2D eigenvalue weighted by atomic mass is 35.5. The lowest BCUT2D eigenvalue weighted by Crippen LogP contribution is -2.44. The van der Waals surface area contributed by atoms with E-state index in [1.165, 1.54) is 6.20 Å². The first-order valence-electron chi connectivity index (χ1n) is 12.2. The summed E-state index contributed by atoms with van der Waals surface area (Å²) in [4.78, 5) is 50.3. The third-order valence-electron chi connectivity index (χ3n) is 7.00. The molecule has 2 aromatic rings. The molecule has 1 fully saturated rings. The number of rotatable bonds is 7. The van der Waals surface area contributed by atoms with Crippen LogP contribution >= 0.6 is 12.4 Å². The van der Waals surface area contributed by atoms with E-state index >= 15 is 4.39 Å². The van der Waals surface area contributed by atoms with Crippen molar-refractivity contribution in [2.75, 3.05) is 24.5 Å². The van der Waals surface area contributed by atoms with Gasteiger partial charge in [0.2, 0.25) is 11.3 Å². The summed E-state index contributed by atoms with van der Waals surface area (Å²) in [6.07, 6.45) is 3.33. The van der Waals surface area contributed by atoms with Crippen molar-refractivity contribution >= 4 is 46.8 Å². The Bertz CT molecular complexity index is 1270. The molecule has 4 rings (SSSR count). The minimum absolute atomic E-state index is 0. The highest BCUT2D eigenvalue weighted by Gasteiger charge is 2.31. The minimum Gasteiger partial charge on any atom is -0.477 e. The maximum absolute atomic E-state index is 15.4. The van der Waals surface area contributed by atoms with Gasteiger partial charge in [0.1, 0.15) is 23.5 Å². The van der Waals surface area contributed by atoms with Crippen LogP contribution in [0.15, 0.2) is 17.1 Å². The van der Waals surface area contributed by atoms with Crippen LogP contribution in [-0.4, -0.2) is 59.3 Å². The van der Waals surface area contributed by atoms with Crippen LogP contribution in [-0.2, 0) is 20.7 Å². The molecule has 12 heteroatoms. The van der Waals surface area contributed by atoms with Gasteiger partial charge in [-0.2, -0.15) is 0 Å². The molecule has 37 heavy (non-hydrogen) atoms. The van der Waals surface area contributed by atoms with Crippen LogP contribution in [0.1, 0.15) is 61.5 Å². The summed E-state index contributed by atoms with van der Waals surface area (Å²) in [5.41, 5.74) is 5.98. The van der Waals surface area contributed by atoms with Crippen molar-refractivity contribution in [3.8, 4) is 0 Å². The Morgan fingerprint density at radius 1 is 1.27 bits per heavy atom. The molecule has 0 aliphatic carbocycles. The number of hydrogen-bond donors (Lipinski definition) is 3. The van der Waals surface area contributed by atoms with Crippen LogP contribution in [0.5, 0.6) is 0 Å². The zero-order valence-electron chi connectivity index (χ0n) is 20.8. The van der Waals surface area contributed by atoms with Crippen molar-refractivity contribution in [1.82, 2.24) is 9.88 Å². The van der Waals surface area contributed by atoms with E-state index in [4.69, 9.17) is 10.5 Å². The van der Waals surface area contributed by atoms with E-state index in [1.54, 1.807) is 11.5 Å². The van der Waals surface area contributed by atoms with Crippen molar-refractivity contribution in [2.45, 2.75) is 64.1 Å². The molecule has 2 atom stereocenters. The molecule has 2 aliphatic rings. The second-order valence-corrected chi connectivity index (χ2v) is 9.50. The number of nitrogens with two attached hydrogens (primary N) is 1. The van der Waals surface area contributed by atoms with Gasteiger partial charge in [-0.05, 0) is 32.8 Å². The van der Waals surface area contributed by atoms with E-state index < -0.39 is 29.2 Å². The van der Waals surface area contributed by atoms with Crippen LogP contribution in [0.3, 0.4) is 0 Å². The molecule has 0 saturated carbocycles. The molecule has 0 radical (unpaired) electrons. The standard InChI is InChI=1S/C25H31FN4O6.ClH/c1-13-3-4-16-21-17(23(32)18(24(33)34)12-30(13)21)11-19(26)22(16)29-9-6-15(7-10-29)36-25(35)14(2)28-20(31)5-8-27;/h11-15H,3-10,27H2,1-2H3,(H,28,31)(H,33,34);1H/t13-,14+;/m0./s1. The molecule has 0 unspecified atom stereocenters. The predicted octanol–water partition coefficient (Wildman–Crippen LogP) is 2.13. The van der Waals surface area contributed by atoms with Gasteiger partial charge < -0.3 is 30.4 Å². The molecule has 202 valence electrons. The number of carbonyl (C=O) groups is 3. The fraction of sp³-hybridized carbons (Fsp3) is 0.520. The molecule has 0 spiro atoms. The first-order chi connectivity index (χ1) is 17.1. The predicted molar refractivity (Wildman–Crippen MR) is 138 cm³/mol. The number of anilines is 1. The van der Waals surface area contributed by atoms with Gasteiger partial charge in [0.15, 0.2) is 0 Å². The van der Waals surface area contributed by atoms with E-state index in [0.717, 1.165) is 6.07 Å². The van der Waals surface area contributed by atoms with Crippen LogP contribution in [0.25, 0.3) is 10.9 Å². The number of piperidine rings is 1.